The summed E-state index contributed by atoms with van der Waals surface area (Å²) in [4.78, 5) is 9.29. The third-order valence-corrected chi connectivity index (χ3v) is 15.4. The largest absolute Gasteiger partial charge is 0.311 e. The molecule has 0 unspecified atom stereocenters. The lowest BCUT2D eigenvalue weighted by Gasteiger charge is -2.45. The molecule has 9 aromatic carbocycles. The van der Waals surface area contributed by atoms with Crippen LogP contribution >= 0.6 is 0 Å². The molecule has 358 valence electrons. The van der Waals surface area contributed by atoms with Gasteiger partial charge in [-0.3, -0.25) is 0 Å². The van der Waals surface area contributed by atoms with Crippen LogP contribution in [0.2, 0.25) is 0 Å². The van der Waals surface area contributed by atoms with E-state index in [4.69, 9.17) is 6.57 Å². The van der Waals surface area contributed by atoms with Crippen molar-refractivity contribution < 1.29 is 0 Å². The topological polar surface area (TPSA) is 34.6 Å². The van der Waals surface area contributed by atoms with Crippen LogP contribution in [0.25, 0.3) is 48.6 Å². The molecule has 5 heteroatoms. The minimum absolute atomic E-state index is 0.145. The first kappa shape index (κ1) is 47.5. The van der Waals surface area contributed by atoms with Crippen molar-refractivity contribution in [2.45, 2.75) is 105 Å². The van der Waals surface area contributed by atoms with Gasteiger partial charge in [-0.25, -0.2) is 4.85 Å². The zero-order valence-electron chi connectivity index (χ0n) is 44.5. The van der Waals surface area contributed by atoms with Gasteiger partial charge in [-0.2, -0.15) is 5.26 Å². The Labute approximate surface area is 433 Å². The number of rotatable bonds is 4. The van der Waals surface area contributed by atoms with Crippen molar-refractivity contribution in [1.29, 1.82) is 5.26 Å². The second-order valence-corrected chi connectivity index (χ2v) is 24.6. The van der Waals surface area contributed by atoms with Crippen molar-refractivity contribution in [3.63, 3.8) is 0 Å². The van der Waals surface area contributed by atoms with Crippen LogP contribution in [0.1, 0.15) is 111 Å². The highest BCUT2D eigenvalue weighted by atomic mass is 15.2. The average Bonchev–Trinajstić information content (AvgIpc) is 3.35. The fraction of sp³-hybridized carbons (Fsp3) is 0.235. The van der Waals surface area contributed by atoms with Crippen LogP contribution in [0, 0.1) is 17.9 Å². The second-order valence-electron chi connectivity index (χ2n) is 24.6. The van der Waals surface area contributed by atoms with Crippen LogP contribution < -0.4 is 26.2 Å². The van der Waals surface area contributed by atoms with E-state index in [1.54, 1.807) is 0 Å². The number of hydrogen-bond acceptors (Lipinski definition) is 3. The molecule has 0 aromatic heterocycles. The van der Waals surface area contributed by atoms with Crippen LogP contribution in [-0.4, -0.2) is 6.71 Å². The molecule has 0 spiro atoms. The minimum Gasteiger partial charge on any atom is -0.311 e. The molecule has 9 aromatic rings. The Hall–Kier alpha value is -7.86. The Bertz CT molecular complexity index is 3530. The number of nitrogens with zero attached hydrogens (tertiary/aromatic N) is 4. The van der Waals surface area contributed by atoms with Gasteiger partial charge in [0.15, 0.2) is 5.69 Å². The Morgan fingerprint density at radius 2 is 0.822 bits per heavy atom. The van der Waals surface area contributed by atoms with Crippen LogP contribution in [0.5, 0.6) is 0 Å². The van der Waals surface area contributed by atoms with Gasteiger partial charge in [-0.1, -0.05) is 186 Å². The highest BCUT2D eigenvalue weighted by Gasteiger charge is 2.45. The van der Waals surface area contributed by atoms with E-state index < -0.39 is 0 Å². The summed E-state index contributed by atoms with van der Waals surface area (Å²) in [5.74, 6) is 0. The molecule has 0 N–H and O–H groups in total. The smallest absolute Gasteiger partial charge is 0.252 e. The summed E-state index contributed by atoms with van der Waals surface area (Å²) in [7, 11) is 0. The van der Waals surface area contributed by atoms with E-state index in [-0.39, 0.29) is 28.4 Å². The molecule has 73 heavy (non-hydrogen) atoms. The van der Waals surface area contributed by atoms with Gasteiger partial charge in [0.1, 0.15) is 0 Å². The number of hydrogen-bond donors (Lipinski definition) is 0. The molecule has 0 aliphatic carbocycles. The minimum atomic E-state index is -0.164. The van der Waals surface area contributed by atoms with E-state index in [0.29, 0.717) is 16.8 Å². The van der Waals surface area contributed by atoms with Crippen LogP contribution in [-0.2, 0) is 21.7 Å². The van der Waals surface area contributed by atoms with Crippen molar-refractivity contribution in [3.8, 4) is 28.3 Å². The van der Waals surface area contributed by atoms with Crippen LogP contribution in [0.4, 0.5) is 39.8 Å². The Morgan fingerprint density at radius 3 is 1.21 bits per heavy atom. The molecule has 11 rings (SSSR count). The van der Waals surface area contributed by atoms with E-state index >= 15 is 0 Å². The van der Waals surface area contributed by atoms with Gasteiger partial charge in [0.05, 0.1) is 12.6 Å². The fourth-order valence-electron chi connectivity index (χ4n) is 11.2. The van der Waals surface area contributed by atoms with Crippen LogP contribution in [0.15, 0.2) is 164 Å². The molecule has 2 aliphatic rings. The molecular formula is C68H63BN4. The van der Waals surface area contributed by atoms with E-state index in [2.05, 4.69) is 225 Å². The molecule has 0 bridgehead atoms. The maximum absolute atomic E-state index is 11.3. The molecular weight excluding hydrogens is 884 g/mol. The van der Waals surface area contributed by atoms with Crippen molar-refractivity contribution in [2.24, 2.45) is 0 Å². The lowest BCUT2D eigenvalue weighted by atomic mass is 9.33. The summed E-state index contributed by atoms with van der Waals surface area (Å²) in [6.07, 6.45) is 0. The number of nitriles is 1. The number of anilines is 6. The first-order valence-electron chi connectivity index (χ1n) is 25.8. The Morgan fingerprint density at radius 1 is 0.425 bits per heavy atom. The van der Waals surface area contributed by atoms with E-state index in [9.17, 15) is 5.26 Å². The molecule has 2 heterocycles. The SMILES string of the molecule is [C-]#[N+]c1cc(-c2ccccc2)cc(C#N)c1-c1cc2c3c(c1)N(c1cc(C(C)(C)C)cc(C(C)(C)C)c1)c1cc4ccccc4cc1B3c1cc3ccccc3cc1N2c1cc(C(C)(C)C)cc(C(C)(C)C)c1. The summed E-state index contributed by atoms with van der Waals surface area (Å²) in [6, 6.07) is 62.8. The zero-order chi connectivity index (χ0) is 51.5. The highest BCUT2D eigenvalue weighted by molar-refractivity contribution is 7.00. The number of fused-ring (bicyclic) bond motifs is 6. The van der Waals surface area contributed by atoms with Crippen molar-refractivity contribution >= 4 is 84.5 Å². The van der Waals surface area contributed by atoms with Gasteiger partial charge in [-0.05, 0) is 159 Å². The van der Waals surface area contributed by atoms with E-state index in [1.807, 2.05) is 42.5 Å². The molecule has 0 saturated carbocycles. The summed E-state index contributed by atoms with van der Waals surface area (Å²) in [6.45, 7) is 36.3. The first-order chi connectivity index (χ1) is 34.6. The van der Waals surface area contributed by atoms with E-state index in [0.717, 1.165) is 61.6 Å². The van der Waals surface area contributed by atoms with Gasteiger partial charge in [-0.15, -0.1) is 0 Å². The van der Waals surface area contributed by atoms with Gasteiger partial charge in [0, 0.05) is 45.3 Å². The quantitative estimate of drug-likeness (QED) is 0.130. The van der Waals surface area contributed by atoms with E-state index in [1.165, 1.54) is 49.4 Å². The molecule has 0 fully saturated rings. The lowest BCUT2D eigenvalue weighted by Crippen LogP contribution is -2.61. The summed E-state index contributed by atoms with van der Waals surface area (Å²) < 4.78 is 0. The lowest BCUT2D eigenvalue weighted by molar-refractivity contribution is 0.568. The average molecular weight is 947 g/mol. The van der Waals surface area contributed by atoms with Crippen molar-refractivity contribution in [2.75, 3.05) is 9.80 Å². The molecule has 0 radical (unpaired) electrons. The molecule has 0 amide bonds. The van der Waals surface area contributed by atoms with Crippen molar-refractivity contribution in [3.05, 3.63) is 203 Å². The molecule has 2 aliphatic heterocycles. The van der Waals surface area contributed by atoms with Gasteiger partial charge in [0.25, 0.3) is 6.71 Å². The third kappa shape index (κ3) is 8.17. The maximum atomic E-state index is 11.3. The third-order valence-electron chi connectivity index (χ3n) is 15.4. The second kappa shape index (κ2) is 16.9. The summed E-state index contributed by atoms with van der Waals surface area (Å²) in [5.41, 5.74) is 18.8. The predicted octanol–water partition coefficient (Wildman–Crippen LogP) is 17.0. The van der Waals surface area contributed by atoms with Gasteiger partial charge < -0.3 is 9.80 Å². The van der Waals surface area contributed by atoms with Crippen LogP contribution in [0.3, 0.4) is 0 Å². The highest BCUT2D eigenvalue weighted by Crippen LogP contribution is 2.51. The fourth-order valence-corrected chi connectivity index (χ4v) is 11.2. The predicted molar refractivity (Wildman–Crippen MR) is 312 cm³/mol. The van der Waals surface area contributed by atoms with Crippen molar-refractivity contribution in [1.82, 2.24) is 0 Å². The maximum Gasteiger partial charge on any atom is 0.252 e. The summed E-state index contributed by atoms with van der Waals surface area (Å²) in [5, 5.41) is 16.0. The Balaban J connectivity index is 1.34. The van der Waals surface area contributed by atoms with Gasteiger partial charge >= 0.3 is 0 Å². The standard InChI is InChI=1S/C68H63BN4/c1-65(2,3)50-35-51(66(4,5)6)38-54(37-50)72-59-31-45-25-19-17-23-43(45)28-56(59)69-57-29-44-24-18-20-26-46(44)32-60(57)73(55-39-52(67(7,8)9)36-53(40-55)68(10,11)12)62-34-48(33-61(72)64(62)69)63-49(41-70)27-47(30-58(63)71-13)42-21-15-14-16-22-42/h14-40H,1-12H3. The zero-order valence-corrected chi connectivity index (χ0v) is 44.5. The van der Waals surface area contributed by atoms with Gasteiger partial charge in [0.2, 0.25) is 0 Å². The number of benzene rings is 9. The molecule has 0 saturated heterocycles. The Kier molecular flexibility index (Phi) is 11.0. The molecule has 4 nitrogen and oxygen atoms in total. The monoisotopic (exact) mass is 947 g/mol. The summed E-state index contributed by atoms with van der Waals surface area (Å²) >= 11 is 0. The first-order valence-corrected chi connectivity index (χ1v) is 25.8. The molecule has 0 atom stereocenters. The normalized spacial score (nSPS) is 13.4.